The molecule has 0 spiro atoms. The largest absolute Gasteiger partial charge is 0.389 e. The highest BCUT2D eigenvalue weighted by molar-refractivity contribution is 4.87. The zero-order chi connectivity index (χ0) is 8.97. The molecule has 1 unspecified atom stereocenters. The van der Waals surface area contributed by atoms with Crippen LogP contribution in [0.5, 0.6) is 0 Å². The lowest BCUT2D eigenvalue weighted by atomic mass is 9.79. The fraction of sp³-hybridized carbons (Fsp3) is 0.800. The van der Waals surface area contributed by atoms with E-state index < -0.39 is 0 Å². The van der Waals surface area contributed by atoms with Crippen molar-refractivity contribution in [3.63, 3.8) is 0 Å². The molecule has 0 aromatic rings. The number of hydrogen-bond acceptors (Lipinski definition) is 2. The quantitative estimate of drug-likeness (QED) is 0.637. The Morgan fingerprint density at radius 1 is 1.67 bits per heavy atom. The van der Waals surface area contributed by atoms with E-state index in [4.69, 9.17) is 4.74 Å². The van der Waals surface area contributed by atoms with Crippen LogP contribution >= 0.6 is 0 Å². The average molecular weight is 170 g/mol. The lowest BCUT2D eigenvalue weighted by Crippen LogP contribution is -2.33. The van der Waals surface area contributed by atoms with Gasteiger partial charge in [0.2, 0.25) is 0 Å². The molecule has 0 bridgehead atoms. The molecule has 0 amide bonds. The lowest BCUT2D eigenvalue weighted by Gasteiger charge is -2.35. The Bertz CT molecular complexity index is 139. The molecule has 1 atom stereocenters. The van der Waals surface area contributed by atoms with Crippen molar-refractivity contribution < 1.29 is 9.84 Å². The maximum absolute atomic E-state index is 9.25. The number of aliphatic hydroxyl groups is 1. The van der Waals surface area contributed by atoms with E-state index in [1.54, 1.807) is 6.08 Å². The maximum Gasteiger partial charge on any atom is 0.0721 e. The van der Waals surface area contributed by atoms with E-state index in [0.717, 1.165) is 25.9 Å². The molecule has 1 rings (SSSR count). The molecule has 70 valence electrons. The van der Waals surface area contributed by atoms with Crippen molar-refractivity contribution in [2.45, 2.75) is 38.4 Å². The Morgan fingerprint density at radius 3 is 2.83 bits per heavy atom. The van der Waals surface area contributed by atoms with Gasteiger partial charge in [-0.25, -0.2) is 0 Å². The molecule has 0 saturated heterocycles. The third-order valence-corrected chi connectivity index (χ3v) is 2.44. The zero-order valence-electron chi connectivity index (χ0n) is 7.70. The molecule has 1 fully saturated rings. The van der Waals surface area contributed by atoms with Crippen LogP contribution in [-0.2, 0) is 4.74 Å². The summed E-state index contributed by atoms with van der Waals surface area (Å²) < 4.78 is 5.42. The van der Waals surface area contributed by atoms with Crippen LogP contribution in [0.2, 0.25) is 0 Å². The summed E-state index contributed by atoms with van der Waals surface area (Å²) in [7, 11) is 0. The van der Waals surface area contributed by atoms with Crippen LogP contribution in [0.3, 0.4) is 0 Å². The molecule has 1 N–H and O–H groups in total. The van der Waals surface area contributed by atoms with Crippen LogP contribution in [-0.4, -0.2) is 23.9 Å². The molecular weight excluding hydrogens is 152 g/mol. The minimum absolute atomic E-state index is 0.322. The SMILES string of the molecule is C=CC(O)CC1CC(OCC)C1. The highest BCUT2D eigenvalue weighted by Crippen LogP contribution is 2.33. The molecule has 1 aliphatic carbocycles. The molecular formula is C10H18O2. The average Bonchev–Trinajstić information content (AvgIpc) is 2.00. The van der Waals surface area contributed by atoms with Crippen LogP contribution in [0.25, 0.3) is 0 Å². The first-order valence-electron chi connectivity index (χ1n) is 4.68. The van der Waals surface area contributed by atoms with E-state index in [-0.39, 0.29) is 6.10 Å². The van der Waals surface area contributed by atoms with Gasteiger partial charge in [0, 0.05) is 6.61 Å². The van der Waals surface area contributed by atoms with Crippen molar-refractivity contribution in [3.8, 4) is 0 Å². The second-order valence-electron chi connectivity index (χ2n) is 3.45. The number of hydrogen-bond donors (Lipinski definition) is 1. The first kappa shape index (κ1) is 9.75. The summed E-state index contributed by atoms with van der Waals surface area (Å²) in [4.78, 5) is 0. The summed E-state index contributed by atoms with van der Waals surface area (Å²) in [5, 5.41) is 9.25. The topological polar surface area (TPSA) is 29.5 Å². The predicted molar refractivity (Wildman–Crippen MR) is 49.0 cm³/mol. The van der Waals surface area contributed by atoms with Crippen molar-refractivity contribution in [1.82, 2.24) is 0 Å². The molecule has 0 aromatic heterocycles. The fourth-order valence-corrected chi connectivity index (χ4v) is 1.68. The Morgan fingerprint density at radius 2 is 2.33 bits per heavy atom. The van der Waals surface area contributed by atoms with Crippen molar-refractivity contribution >= 4 is 0 Å². The van der Waals surface area contributed by atoms with Crippen molar-refractivity contribution in [3.05, 3.63) is 12.7 Å². The van der Waals surface area contributed by atoms with E-state index in [2.05, 4.69) is 6.58 Å². The van der Waals surface area contributed by atoms with Gasteiger partial charge >= 0.3 is 0 Å². The summed E-state index contributed by atoms with van der Waals surface area (Å²) in [5.41, 5.74) is 0. The Hall–Kier alpha value is -0.340. The summed E-state index contributed by atoms with van der Waals surface area (Å²) in [6, 6.07) is 0. The standard InChI is InChI=1S/C10H18O2/c1-3-9(11)5-8-6-10(7-8)12-4-2/h3,8-11H,1,4-7H2,2H3. The van der Waals surface area contributed by atoms with Gasteiger partial charge in [0.05, 0.1) is 12.2 Å². The highest BCUT2D eigenvalue weighted by Gasteiger charge is 2.30. The van der Waals surface area contributed by atoms with Gasteiger partial charge in [0.25, 0.3) is 0 Å². The van der Waals surface area contributed by atoms with Gasteiger partial charge in [-0.1, -0.05) is 6.08 Å². The molecule has 0 aliphatic heterocycles. The molecule has 12 heavy (non-hydrogen) atoms. The van der Waals surface area contributed by atoms with Gasteiger partial charge in [0.15, 0.2) is 0 Å². The Labute approximate surface area is 74.2 Å². The molecule has 0 radical (unpaired) electrons. The van der Waals surface area contributed by atoms with Gasteiger partial charge in [-0.3, -0.25) is 0 Å². The van der Waals surface area contributed by atoms with Crippen molar-refractivity contribution in [2.75, 3.05) is 6.61 Å². The fourth-order valence-electron chi connectivity index (χ4n) is 1.68. The normalized spacial score (nSPS) is 30.8. The number of rotatable bonds is 5. The van der Waals surface area contributed by atoms with Crippen molar-refractivity contribution in [2.24, 2.45) is 5.92 Å². The smallest absolute Gasteiger partial charge is 0.0721 e. The lowest BCUT2D eigenvalue weighted by molar-refractivity contribution is -0.0342. The molecule has 0 heterocycles. The zero-order valence-corrected chi connectivity index (χ0v) is 7.70. The van der Waals surface area contributed by atoms with Crippen LogP contribution in [0.4, 0.5) is 0 Å². The Balaban J connectivity index is 2.05. The molecule has 2 heteroatoms. The first-order chi connectivity index (χ1) is 5.76. The van der Waals surface area contributed by atoms with Gasteiger partial charge in [-0.05, 0) is 32.1 Å². The summed E-state index contributed by atoms with van der Waals surface area (Å²) in [5.74, 6) is 0.648. The molecule has 1 saturated carbocycles. The monoisotopic (exact) mass is 170 g/mol. The van der Waals surface area contributed by atoms with Gasteiger partial charge in [0.1, 0.15) is 0 Å². The van der Waals surface area contributed by atoms with Crippen molar-refractivity contribution in [1.29, 1.82) is 0 Å². The van der Waals surface area contributed by atoms with Crippen LogP contribution in [0.1, 0.15) is 26.2 Å². The minimum Gasteiger partial charge on any atom is -0.389 e. The number of ether oxygens (including phenoxy) is 1. The van der Waals surface area contributed by atoms with Crippen LogP contribution in [0, 0.1) is 5.92 Å². The van der Waals surface area contributed by atoms with E-state index in [1.165, 1.54) is 0 Å². The van der Waals surface area contributed by atoms with E-state index in [0.29, 0.717) is 12.0 Å². The van der Waals surface area contributed by atoms with Gasteiger partial charge in [-0.2, -0.15) is 0 Å². The molecule has 0 aromatic carbocycles. The Kier molecular flexibility index (Phi) is 3.76. The van der Waals surface area contributed by atoms with E-state index in [9.17, 15) is 5.11 Å². The summed E-state index contributed by atoms with van der Waals surface area (Å²) >= 11 is 0. The number of aliphatic hydroxyl groups excluding tert-OH is 1. The van der Waals surface area contributed by atoms with Crippen LogP contribution in [0.15, 0.2) is 12.7 Å². The second kappa shape index (κ2) is 4.63. The summed E-state index contributed by atoms with van der Waals surface area (Å²) in [6.45, 7) is 6.37. The third kappa shape index (κ3) is 2.61. The minimum atomic E-state index is -0.322. The maximum atomic E-state index is 9.25. The summed E-state index contributed by atoms with van der Waals surface area (Å²) in [6.07, 6.45) is 4.81. The van der Waals surface area contributed by atoms with Crippen LogP contribution < -0.4 is 0 Å². The third-order valence-electron chi connectivity index (χ3n) is 2.44. The predicted octanol–water partition coefficient (Wildman–Crippen LogP) is 1.74. The highest BCUT2D eigenvalue weighted by atomic mass is 16.5. The van der Waals surface area contributed by atoms with E-state index in [1.807, 2.05) is 6.92 Å². The van der Waals surface area contributed by atoms with Gasteiger partial charge < -0.3 is 9.84 Å². The van der Waals surface area contributed by atoms with E-state index >= 15 is 0 Å². The molecule has 2 nitrogen and oxygen atoms in total. The second-order valence-corrected chi connectivity index (χ2v) is 3.45. The molecule has 1 aliphatic rings. The van der Waals surface area contributed by atoms with Gasteiger partial charge in [-0.15, -0.1) is 6.58 Å². The first-order valence-corrected chi connectivity index (χ1v) is 4.68.